The summed E-state index contributed by atoms with van der Waals surface area (Å²) in [5.74, 6) is 1.46. The molecular formula is C17H19N5O3S. The molecule has 3 heterocycles. The lowest BCUT2D eigenvalue weighted by molar-refractivity contribution is -0.122. The number of hydrogen-bond donors (Lipinski definition) is 1. The minimum atomic E-state index is -0.419. The molecule has 1 saturated heterocycles. The smallest absolute Gasteiger partial charge is 0.232 e. The van der Waals surface area contributed by atoms with E-state index in [0.29, 0.717) is 18.2 Å². The number of rotatable bonds is 4. The highest BCUT2D eigenvalue weighted by molar-refractivity contribution is 7.99. The minimum Gasteiger partial charge on any atom is -0.497 e. The van der Waals surface area contributed by atoms with Gasteiger partial charge in [-0.15, -0.1) is 10.2 Å². The van der Waals surface area contributed by atoms with Gasteiger partial charge in [0, 0.05) is 37.0 Å². The van der Waals surface area contributed by atoms with Crippen LogP contribution in [-0.2, 0) is 16.1 Å². The number of benzene rings is 1. The number of nitrogens with one attached hydrogen (secondary N) is 1. The van der Waals surface area contributed by atoms with E-state index in [0.717, 1.165) is 29.6 Å². The fourth-order valence-corrected chi connectivity index (χ4v) is 4.09. The molecule has 26 heavy (non-hydrogen) atoms. The summed E-state index contributed by atoms with van der Waals surface area (Å²) in [4.78, 5) is 26.7. The average molecular weight is 373 g/mol. The van der Waals surface area contributed by atoms with Crippen LogP contribution in [0.1, 0.15) is 12.8 Å². The third-order valence-corrected chi connectivity index (χ3v) is 5.62. The predicted molar refractivity (Wildman–Crippen MR) is 97.4 cm³/mol. The van der Waals surface area contributed by atoms with Crippen LogP contribution in [0.2, 0.25) is 0 Å². The van der Waals surface area contributed by atoms with Gasteiger partial charge in [-0.1, -0.05) is 17.8 Å². The van der Waals surface area contributed by atoms with Gasteiger partial charge in [-0.3, -0.25) is 19.5 Å². The molecule has 1 fully saturated rings. The van der Waals surface area contributed by atoms with E-state index in [4.69, 9.17) is 4.74 Å². The number of carbonyl (C=O) groups is 2. The summed E-state index contributed by atoms with van der Waals surface area (Å²) in [6.45, 7) is 1.14. The maximum absolute atomic E-state index is 12.6. The van der Waals surface area contributed by atoms with Crippen molar-refractivity contribution in [3.05, 3.63) is 24.3 Å². The quantitative estimate of drug-likeness (QED) is 0.879. The fraction of sp³-hybridized carbons (Fsp3) is 0.412. The lowest BCUT2D eigenvalue weighted by Gasteiger charge is -2.18. The van der Waals surface area contributed by atoms with Gasteiger partial charge in [-0.05, 0) is 18.6 Å². The Morgan fingerprint density at radius 3 is 3.12 bits per heavy atom. The lowest BCUT2D eigenvalue weighted by atomic mass is 10.1. The number of carbonyl (C=O) groups excluding carboxylic acids is 2. The van der Waals surface area contributed by atoms with E-state index in [1.807, 2.05) is 22.8 Å². The Bertz CT molecular complexity index is 853. The molecule has 0 spiro atoms. The summed E-state index contributed by atoms with van der Waals surface area (Å²) < 4.78 is 7.13. The molecule has 2 aliphatic heterocycles. The summed E-state index contributed by atoms with van der Waals surface area (Å²) in [6, 6.07) is 7.28. The van der Waals surface area contributed by atoms with Crippen molar-refractivity contribution in [1.29, 1.82) is 0 Å². The molecule has 1 N–H and O–H groups in total. The highest BCUT2D eigenvalue weighted by Gasteiger charge is 2.36. The van der Waals surface area contributed by atoms with E-state index in [9.17, 15) is 9.59 Å². The van der Waals surface area contributed by atoms with Gasteiger partial charge in [0.25, 0.3) is 0 Å². The Morgan fingerprint density at radius 1 is 1.38 bits per heavy atom. The van der Waals surface area contributed by atoms with Crippen molar-refractivity contribution in [3.8, 4) is 5.75 Å². The molecule has 0 saturated carbocycles. The summed E-state index contributed by atoms with van der Waals surface area (Å²) in [5.41, 5.74) is 0.737. The molecule has 0 radical (unpaired) electrons. The number of anilines is 2. The van der Waals surface area contributed by atoms with Gasteiger partial charge >= 0.3 is 0 Å². The van der Waals surface area contributed by atoms with Crippen LogP contribution >= 0.6 is 11.8 Å². The second kappa shape index (κ2) is 6.99. The van der Waals surface area contributed by atoms with Crippen LogP contribution in [0.3, 0.4) is 0 Å². The van der Waals surface area contributed by atoms with E-state index in [1.54, 1.807) is 29.8 Å². The average Bonchev–Trinajstić information content (AvgIpc) is 3.26. The fourth-order valence-electron chi connectivity index (χ4n) is 3.20. The van der Waals surface area contributed by atoms with Crippen molar-refractivity contribution in [2.24, 2.45) is 5.92 Å². The van der Waals surface area contributed by atoms with Gasteiger partial charge in [-0.25, -0.2) is 0 Å². The van der Waals surface area contributed by atoms with Gasteiger partial charge in [0.05, 0.1) is 13.0 Å². The van der Waals surface area contributed by atoms with Crippen molar-refractivity contribution in [3.63, 3.8) is 0 Å². The second-order valence-electron chi connectivity index (χ2n) is 6.26. The molecule has 2 aliphatic rings. The van der Waals surface area contributed by atoms with Gasteiger partial charge in [0.15, 0.2) is 5.16 Å². The third kappa shape index (κ3) is 3.14. The van der Waals surface area contributed by atoms with Crippen molar-refractivity contribution < 1.29 is 14.3 Å². The first-order valence-corrected chi connectivity index (χ1v) is 9.45. The van der Waals surface area contributed by atoms with E-state index in [1.165, 1.54) is 0 Å². The van der Waals surface area contributed by atoms with Crippen LogP contribution in [0.15, 0.2) is 29.4 Å². The van der Waals surface area contributed by atoms with Crippen LogP contribution in [-0.4, -0.2) is 46.0 Å². The highest BCUT2D eigenvalue weighted by Crippen LogP contribution is 2.29. The molecule has 1 aromatic carbocycles. The Hall–Kier alpha value is -2.55. The number of thioether (sulfide) groups is 1. The van der Waals surface area contributed by atoms with Gasteiger partial charge in [-0.2, -0.15) is 0 Å². The standard InChI is InChI=1S/C17H19N5O3S/c1-25-13-5-2-4-12(9-13)22-10-11(8-14(22)23)15(24)18-16-19-20-17-21(16)6-3-7-26-17/h2,4-5,9,11H,3,6-8,10H2,1H3,(H,18,19,24)/t11-/m0/s1. The minimum absolute atomic E-state index is 0.0720. The zero-order chi connectivity index (χ0) is 18.1. The SMILES string of the molecule is COc1cccc(N2C[C@@H](C(=O)Nc3nnc4n3CCCS4)CC2=O)c1. The van der Waals surface area contributed by atoms with Crippen LogP contribution in [0, 0.1) is 5.92 Å². The monoisotopic (exact) mass is 373 g/mol. The molecule has 136 valence electrons. The molecule has 8 nitrogen and oxygen atoms in total. The van der Waals surface area contributed by atoms with Crippen LogP contribution in [0.25, 0.3) is 0 Å². The molecule has 9 heteroatoms. The molecule has 2 aromatic rings. The number of fused-ring (bicyclic) bond motifs is 1. The number of ether oxygens (including phenoxy) is 1. The summed E-state index contributed by atoms with van der Waals surface area (Å²) in [6.07, 6.45) is 1.20. The van der Waals surface area contributed by atoms with Gasteiger partial charge < -0.3 is 9.64 Å². The van der Waals surface area contributed by atoms with Crippen LogP contribution < -0.4 is 15.0 Å². The van der Waals surface area contributed by atoms with Crippen LogP contribution in [0.4, 0.5) is 11.6 Å². The first kappa shape index (κ1) is 16.9. The molecular weight excluding hydrogens is 354 g/mol. The Morgan fingerprint density at radius 2 is 2.27 bits per heavy atom. The van der Waals surface area contributed by atoms with E-state index >= 15 is 0 Å². The van der Waals surface area contributed by atoms with E-state index in [-0.39, 0.29) is 18.2 Å². The molecule has 1 aromatic heterocycles. The van der Waals surface area contributed by atoms with E-state index in [2.05, 4.69) is 15.5 Å². The molecule has 0 unspecified atom stereocenters. The largest absolute Gasteiger partial charge is 0.497 e. The molecule has 1 atom stereocenters. The zero-order valence-corrected chi connectivity index (χ0v) is 15.2. The number of methoxy groups -OCH3 is 1. The molecule has 4 rings (SSSR count). The number of hydrogen-bond acceptors (Lipinski definition) is 6. The third-order valence-electron chi connectivity index (χ3n) is 4.57. The normalized spacial score (nSPS) is 19.3. The van der Waals surface area contributed by atoms with Gasteiger partial charge in [0.1, 0.15) is 5.75 Å². The number of nitrogens with zero attached hydrogens (tertiary/aromatic N) is 4. The molecule has 0 aliphatic carbocycles. The van der Waals surface area contributed by atoms with Crippen LogP contribution in [0.5, 0.6) is 5.75 Å². The predicted octanol–water partition coefficient (Wildman–Crippen LogP) is 1.77. The lowest BCUT2D eigenvalue weighted by Crippen LogP contribution is -2.29. The first-order chi connectivity index (χ1) is 12.7. The van der Waals surface area contributed by atoms with Crippen molar-refractivity contribution >= 4 is 35.2 Å². The topological polar surface area (TPSA) is 89.3 Å². The Kier molecular flexibility index (Phi) is 4.54. The number of amides is 2. The summed E-state index contributed by atoms with van der Waals surface area (Å²) in [7, 11) is 1.58. The van der Waals surface area contributed by atoms with Crippen molar-refractivity contribution in [1.82, 2.24) is 14.8 Å². The Labute approximate surface area is 154 Å². The maximum atomic E-state index is 12.6. The van der Waals surface area contributed by atoms with E-state index < -0.39 is 5.92 Å². The molecule has 0 bridgehead atoms. The highest BCUT2D eigenvalue weighted by atomic mass is 32.2. The molecule has 2 amide bonds. The van der Waals surface area contributed by atoms with Gasteiger partial charge in [0.2, 0.25) is 17.8 Å². The maximum Gasteiger partial charge on any atom is 0.232 e. The number of aromatic nitrogens is 3. The van der Waals surface area contributed by atoms with Crippen molar-refractivity contribution in [2.45, 2.75) is 24.5 Å². The zero-order valence-electron chi connectivity index (χ0n) is 14.3. The summed E-state index contributed by atoms with van der Waals surface area (Å²) in [5, 5.41) is 11.8. The van der Waals surface area contributed by atoms with Crippen molar-refractivity contribution in [2.75, 3.05) is 29.6 Å². The first-order valence-electron chi connectivity index (χ1n) is 8.47. The summed E-state index contributed by atoms with van der Waals surface area (Å²) >= 11 is 1.63. The Balaban J connectivity index is 1.46. The second-order valence-corrected chi connectivity index (χ2v) is 7.32.